The molecule has 2 heterocycles. The van der Waals surface area contributed by atoms with Crippen LogP contribution in [0.5, 0.6) is 5.75 Å². The van der Waals surface area contributed by atoms with Crippen LogP contribution in [0.3, 0.4) is 0 Å². The van der Waals surface area contributed by atoms with Crippen molar-refractivity contribution in [1.29, 1.82) is 0 Å². The highest BCUT2D eigenvalue weighted by Crippen LogP contribution is 2.25. The zero-order valence-corrected chi connectivity index (χ0v) is 18.4. The smallest absolute Gasteiger partial charge is 0.243 e. The molecule has 4 rings (SSSR count). The molecule has 7 nitrogen and oxygen atoms in total. The predicted molar refractivity (Wildman–Crippen MR) is 119 cm³/mol. The summed E-state index contributed by atoms with van der Waals surface area (Å²) in [5, 5.41) is 3.71. The lowest BCUT2D eigenvalue weighted by molar-refractivity contribution is -0.121. The van der Waals surface area contributed by atoms with Crippen LogP contribution in [0.2, 0.25) is 0 Å². The van der Waals surface area contributed by atoms with Crippen molar-refractivity contribution in [3.8, 4) is 5.75 Å². The predicted octanol–water partition coefficient (Wildman–Crippen LogP) is 3.14. The van der Waals surface area contributed by atoms with Crippen LogP contribution in [0, 0.1) is 0 Å². The first-order chi connectivity index (χ1) is 15.0. The second-order valence-corrected chi connectivity index (χ2v) is 9.66. The van der Waals surface area contributed by atoms with Crippen LogP contribution >= 0.6 is 0 Å². The summed E-state index contributed by atoms with van der Waals surface area (Å²) >= 11 is 0. The lowest BCUT2D eigenvalue weighted by Crippen LogP contribution is -2.35. The lowest BCUT2D eigenvalue weighted by atomic mass is 10.2. The van der Waals surface area contributed by atoms with Crippen molar-refractivity contribution in [2.45, 2.75) is 37.2 Å². The Morgan fingerprint density at radius 1 is 1.06 bits per heavy atom. The molecule has 2 aromatic carbocycles. The number of nitrogens with one attached hydrogen (secondary N) is 1. The van der Waals surface area contributed by atoms with E-state index in [1.165, 1.54) is 0 Å². The van der Waals surface area contributed by atoms with Crippen molar-refractivity contribution in [2.75, 3.05) is 20.2 Å². The van der Waals surface area contributed by atoms with E-state index in [1.54, 1.807) is 29.6 Å². The molecule has 1 N–H and O–H groups in total. The van der Waals surface area contributed by atoms with E-state index in [1.807, 2.05) is 41.1 Å². The number of para-hydroxylation sites is 1. The first kappa shape index (κ1) is 21.4. The van der Waals surface area contributed by atoms with E-state index in [0.29, 0.717) is 24.5 Å². The molecule has 0 bridgehead atoms. The van der Waals surface area contributed by atoms with Crippen LogP contribution in [0.25, 0.3) is 10.9 Å². The monoisotopic (exact) mass is 441 g/mol. The summed E-state index contributed by atoms with van der Waals surface area (Å²) in [5.41, 5.74) is 1.73. The van der Waals surface area contributed by atoms with Crippen LogP contribution < -0.4 is 10.1 Å². The van der Waals surface area contributed by atoms with Crippen molar-refractivity contribution in [3.05, 3.63) is 60.3 Å². The molecule has 31 heavy (non-hydrogen) atoms. The summed E-state index contributed by atoms with van der Waals surface area (Å²) in [6, 6.07) is 14.5. The van der Waals surface area contributed by atoms with Gasteiger partial charge in [0.25, 0.3) is 0 Å². The molecule has 1 fully saturated rings. The minimum Gasteiger partial charge on any atom is -0.496 e. The minimum atomic E-state index is -3.48. The number of carbonyl (C=O) groups excluding carboxylic acids is 1. The van der Waals surface area contributed by atoms with Gasteiger partial charge in [0.1, 0.15) is 12.3 Å². The van der Waals surface area contributed by atoms with E-state index >= 15 is 0 Å². The number of methoxy groups -OCH3 is 1. The van der Waals surface area contributed by atoms with Gasteiger partial charge in [-0.3, -0.25) is 4.79 Å². The summed E-state index contributed by atoms with van der Waals surface area (Å²) in [6.45, 7) is 1.68. The standard InChI is InChI=1S/C23H27N3O4S/c1-30-22-8-4-3-7-19(22)16-24-23(27)17-25-14-11-18-15-20(9-10-21(18)25)31(28,29)26-12-5-2-6-13-26/h3-4,7-11,14-15H,2,5-6,12-13,16-17H2,1H3,(H,24,27). The Bertz CT molecular complexity index is 1180. The van der Waals surface area contributed by atoms with E-state index in [4.69, 9.17) is 4.74 Å². The molecule has 0 radical (unpaired) electrons. The molecule has 8 heteroatoms. The molecule has 0 saturated carbocycles. The van der Waals surface area contributed by atoms with Crippen LogP contribution in [0.4, 0.5) is 0 Å². The van der Waals surface area contributed by atoms with Gasteiger partial charge in [-0.1, -0.05) is 24.6 Å². The zero-order chi connectivity index (χ0) is 21.8. The van der Waals surface area contributed by atoms with Crippen molar-refractivity contribution in [1.82, 2.24) is 14.2 Å². The van der Waals surface area contributed by atoms with Crippen LogP contribution in [-0.4, -0.2) is 43.4 Å². The number of hydrogen-bond donors (Lipinski definition) is 1. The van der Waals surface area contributed by atoms with Gasteiger partial charge in [-0.15, -0.1) is 0 Å². The quantitative estimate of drug-likeness (QED) is 0.611. The molecule has 3 aromatic rings. The number of piperidine rings is 1. The van der Waals surface area contributed by atoms with Crippen LogP contribution in [-0.2, 0) is 27.9 Å². The topological polar surface area (TPSA) is 80.6 Å². The maximum atomic E-state index is 12.9. The van der Waals surface area contributed by atoms with Gasteiger partial charge in [0, 0.05) is 42.3 Å². The van der Waals surface area contributed by atoms with Gasteiger partial charge in [0.2, 0.25) is 15.9 Å². The number of amides is 1. The average molecular weight is 442 g/mol. The van der Waals surface area contributed by atoms with Gasteiger partial charge in [0.05, 0.1) is 12.0 Å². The first-order valence-corrected chi connectivity index (χ1v) is 11.9. The molecule has 0 unspecified atom stereocenters. The van der Waals surface area contributed by atoms with Crippen molar-refractivity contribution < 1.29 is 17.9 Å². The highest BCUT2D eigenvalue weighted by Gasteiger charge is 2.26. The minimum absolute atomic E-state index is 0.131. The molecule has 164 valence electrons. The molecule has 1 aliphatic rings. The Morgan fingerprint density at radius 3 is 2.61 bits per heavy atom. The number of benzene rings is 2. The second-order valence-electron chi connectivity index (χ2n) is 7.72. The fraction of sp³-hybridized carbons (Fsp3) is 0.348. The van der Waals surface area contributed by atoms with Gasteiger partial charge in [-0.05, 0) is 43.2 Å². The third-order valence-corrected chi connectivity index (χ3v) is 7.57. The van der Waals surface area contributed by atoms with Gasteiger partial charge < -0.3 is 14.6 Å². The normalized spacial score (nSPS) is 15.1. The molecule has 1 aromatic heterocycles. The maximum absolute atomic E-state index is 12.9. The van der Waals surface area contributed by atoms with Gasteiger partial charge >= 0.3 is 0 Å². The fourth-order valence-electron chi connectivity index (χ4n) is 3.98. The Labute approximate surface area is 182 Å². The highest BCUT2D eigenvalue weighted by atomic mass is 32.2. The van der Waals surface area contributed by atoms with Gasteiger partial charge in [0.15, 0.2) is 0 Å². The number of fused-ring (bicyclic) bond motifs is 1. The number of carbonyl (C=O) groups is 1. The molecular formula is C23H27N3O4S. The number of rotatable bonds is 7. The third kappa shape index (κ3) is 4.60. The van der Waals surface area contributed by atoms with E-state index in [9.17, 15) is 13.2 Å². The Morgan fingerprint density at radius 2 is 1.84 bits per heavy atom. The van der Waals surface area contributed by atoms with E-state index in [2.05, 4.69) is 5.32 Å². The van der Waals surface area contributed by atoms with Crippen LogP contribution in [0.1, 0.15) is 24.8 Å². The molecular weight excluding hydrogens is 414 g/mol. The lowest BCUT2D eigenvalue weighted by Gasteiger charge is -2.25. The number of aromatic nitrogens is 1. The molecule has 0 atom stereocenters. The first-order valence-electron chi connectivity index (χ1n) is 10.5. The Hall–Kier alpha value is -2.84. The molecule has 0 aliphatic carbocycles. The van der Waals surface area contributed by atoms with E-state index in [-0.39, 0.29) is 12.5 Å². The fourth-order valence-corrected chi connectivity index (χ4v) is 5.54. The van der Waals surface area contributed by atoms with Crippen LogP contribution in [0.15, 0.2) is 59.6 Å². The Balaban J connectivity index is 1.46. The van der Waals surface area contributed by atoms with Gasteiger partial charge in [-0.25, -0.2) is 8.42 Å². The number of nitrogens with zero attached hydrogens (tertiary/aromatic N) is 2. The summed E-state index contributed by atoms with van der Waals surface area (Å²) in [7, 11) is -1.88. The van der Waals surface area contributed by atoms with Gasteiger partial charge in [-0.2, -0.15) is 4.31 Å². The second kappa shape index (κ2) is 9.11. The third-order valence-electron chi connectivity index (χ3n) is 5.68. The van der Waals surface area contributed by atoms with Crippen molar-refractivity contribution in [3.63, 3.8) is 0 Å². The van der Waals surface area contributed by atoms with E-state index < -0.39 is 10.0 Å². The largest absolute Gasteiger partial charge is 0.496 e. The summed E-state index contributed by atoms with van der Waals surface area (Å²) < 4.78 is 34.6. The zero-order valence-electron chi connectivity index (χ0n) is 17.6. The number of hydrogen-bond acceptors (Lipinski definition) is 4. The summed E-state index contributed by atoms with van der Waals surface area (Å²) in [6.07, 6.45) is 4.70. The number of sulfonamides is 1. The Kier molecular flexibility index (Phi) is 6.29. The molecule has 1 amide bonds. The van der Waals surface area contributed by atoms with Crippen molar-refractivity contribution >= 4 is 26.8 Å². The molecule has 1 aliphatic heterocycles. The van der Waals surface area contributed by atoms with E-state index in [0.717, 1.165) is 41.5 Å². The van der Waals surface area contributed by atoms with Crippen molar-refractivity contribution in [2.24, 2.45) is 0 Å². The number of ether oxygens (including phenoxy) is 1. The SMILES string of the molecule is COc1ccccc1CNC(=O)Cn1ccc2cc(S(=O)(=O)N3CCCCC3)ccc21. The summed E-state index contributed by atoms with van der Waals surface area (Å²) in [5.74, 6) is 0.602. The molecule has 1 saturated heterocycles. The molecule has 0 spiro atoms. The summed E-state index contributed by atoms with van der Waals surface area (Å²) in [4.78, 5) is 12.8. The maximum Gasteiger partial charge on any atom is 0.243 e. The highest BCUT2D eigenvalue weighted by molar-refractivity contribution is 7.89. The average Bonchev–Trinajstić information content (AvgIpc) is 3.20.